The van der Waals surface area contributed by atoms with Crippen molar-refractivity contribution < 1.29 is 9.84 Å². The topological polar surface area (TPSA) is 60.2 Å². The minimum absolute atomic E-state index is 0.140. The molecular weight excluding hydrogens is 286 g/mol. The number of aryl methyl sites for hydroxylation is 2. The fourth-order valence-corrected chi connectivity index (χ4v) is 2.81. The number of rotatable bonds is 3. The largest absolute Gasteiger partial charge is 0.507 e. The molecule has 108 valence electrons. The summed E-state index contributed by atoms with van der Waals surface area (Å²) in [7, 11) is 3.42. The number of aromatic hydroxyl groups is 1. The van der Waals surface area contributed by atoms with Gasteiger partial charge in [-0.2, -0.15) is 5.10 Å². The molecule has 0 amide bonds. The second-order valence-electron chi connectivity index (χ2n) is 4.70. The molecule has 1 N–H and O–H groups in total. The number of phenolic OH excluding ortho intramolecular Hbond substituents is 1. The molecule has 2 aromatic heterocycles. The lowest BCUT2D eigenvalue weighted by molar-refractivity contribution is 0.408. The van der Waals surface area contributed by atoms with Gasteiger partial charge in [-0.3, -0.25) is 4.68 Å². The molecule has 0 unspecified atom stereocenters. The maximum Gasteiger partial charge on any atom is 0.128 e. The van der Waals surface area contributed by atoms with Gasteiger partial charge in [-0.05, 0) is 19.1 Å². The van der Waals surface area contributed by atoms with Crippen molar-refractivity contribution in [2.75, 3.05) is 7.11 Å². The minimum atomic E-state index is 0.140. The van der Waals surface area contributed by atoms with Crippen LogP contribution in [0.2, 0.25) is 0 Å². The van der Waals surface area contributed by atoms with Crippen LogP contribution in [0.1, 0.15) is 5.01 Å². The molecule has 0 fully saturated rings. The van der Waals surface area contributed by atoms with E-state index in [1.54, 1.807) is 41.3 Å². The van der Waals surface area contributed by atoms with Crippen LogP contribution < -0.4 is 4.74 Å². The number of nitrogens with zero attached hydrogens (tertiary/aromatic N) is 3. The Morgan fingerprint density at radius 1 is 1.29 bits per heavy atom. The van der Waals surface area contributed by atoms with Gasteiger partial charge in [-0.15, -0.1) is 11.3 Å². The van der Waals surface area contributed by atoms with Gasteiger partial charge in [-0.1, -0.05) is 0 Å². The van der Waals surface area contributed by atoms with Gasteiger partial charge in [-0.25, -0.2) is 4.98 Å². The second-order valence-corrected chi connectivity index (χ2v) is 5.76. The summed E-state index contributed by atoms with van der Waals surface area (Å²) < 4.78 is 6.84. The summed E-state index contributed by atoms with van der Waals surface area (Å²) in [4.78, 5) is 4.50. The van der Waals surface area contributed by atoms with E-state index in [2.05, 4.69) is 10.1 Å². The van der Waals surface area contributed by atoms with E-state index in [0.717, 1.165) is 16.3 Å². The molecule has 0 aliphatic carbocycles. The molecule has 0 bridgehead atoms. The molecule has 6 heteroatoms. The van der Waals surface area contributed by atoms with E-state index in [1.165, 1.54) is 0 Å². The molecule has 0 saturated carbocycles. The first-order chi connectivity index (χ1) is 10.1. The van der Waals surface area contributed by atoms with Gasteiger partial charge in [0.2, 0.25) is 0 Å². The SMILES string of the molecule is COc1ccc(-c2nn(C)cc2-c2csc(C)n2)c(O)c1. The molecule has 0 saturated heterocycles. The normalized spacial score (nSPS) is 10.8. The van der Waals surface area contributed by atoms with E-state index in [9.17, 15) is 5.11 Å². The quantitative estimate of drug-likeness (QED) is 0.807. The lowest BCUT2D eigenvalue weighted by Crippen LogP contribution is -1.89. The third-order valence-corrected chi connectivity index (χ3v) is 3.96. The Kier molecular flexibility index (Phi) is 3.39. The van der Waals surface area contributed by atoms with Crippen LogP contribution >= 0.6 is 11.3 Å². The number of benzene rings is 1. The van der Waals surface area contributed by atoms with Crippen LogP contribution in [-0.4, -0.2) is 27.0 Å². The Morgan fingerprint density at radius 2 is 2.10 bits per heavy atom. The van der Waals surface area contributed by atoms with E-state index in [4.69, 9.17) is 4.74 Å². The van der Waals surface area contributed by atoms with Gasteiger partial charge < -0.3 is 9.84 Å². The summed E-state index contributed by atoms with van der Waals surface area (Å²) in [5.41, 5.74) is 3.15. The fourth-order valence-electron chi connectivity index (χ4n) is 2.20. The lowest BCUT2D eigenvalue weighted by atomic mass is 10.1. The molecule has 3 aromatic rings. The Labute approximate surface area is 126 Å². The molecule has 3 rings (SSSR count). The molecule has 0 atom stereocenters. The predicted molar refractivity (Wildman–Crippen MR) is 82.7 cm³/mol. The summed E-state index contributed by atoms with van der Waals surface area (Å²) >= 11 is 1.59. The van der Waals surface area contributed by atoms with Gasteiger partial charge in [0, 0.05) is 35.8 Å². The van der Waals surface area contributed by atoms with Crippen LogP contribution in [0.5, 0.6) is 11.5 Å². The van der Waals surface area contributed by atoms with E-state index in [1.807, 2.05) is 25.5 Å². The second kappa shape index (κ2) is 5.21. The van der Waals surface area contributed by atoms with E-state index < -0.39 is 0 Å². The van der Waals surface area contributed by atoms with E-state index in [-0.39, 0.29) is 5.75 Å². The predicted octanol–water partition coefficient (Wildman–Crippen LogP) is 3.23. The van der Waals surface area contributed by atoms with Crippen molar-refractivity contribution in [3.63, 3.8) is 0 Å². The Hall–Kier alpha value is -2.34. The number of hydrogen-bond donors (Lipinski definition) is 1. The molecular formula is C15H15N3O2S. The van der Waals surface area contributed by atoms with Crippen molar-refractivity contribution in [3.8, 4) is 34.0 Å². The lowest BCUT2D eigenvalue weighted by Gasteiger charge is -2.06. The van der Waals surface area contributed by atoms with Crippen molar-refractivity contribution in [1.82, 2.24) is 14.8 Å². The van der Waals surface area contributed by atoms with E-state index in [0.29, 0.717) is 17.0 Å². The number of phenols is 1. The highest BCUT2D eigenvalue weighted by Gasteiger charge is 2.17. The summed E-state index contributed by atoms with van der Waals surface area (Å²) in [6.07, 6.45) is 1.91. The van der Waals surface area contributed by atoms with Gasteiger partial charge in [0.15, 0.2) is 0 Å². The van der Waals surface area contributed by atoms with Crippen molar-refractivity contribution in [2.24, 2.45) is 7.05 Å². The molecule has 5 nitrogen and oxygen atoms in total. The van der Waals surface area contributed by atoms with Crippen molar-refractivity contribution in [1.29, 1.82) is 0 Å². The Bertz CT molecular complexity index is 792. The zero-order chi connectivity index (χ0) is 15.0. The monoisotopic (exact) mass is 301 g/mol. The zero-order valence-corrected chi connectivity index (χ0v) is 12.8. The van der Waals surface area contributed by atoms with Crippen molar-refractivity contribution >= 4 is 11.3 Å². The van der Waals surface area contributed by atoms with E-state index >= 15 is 0 Å². The van der Waals surface area contributed by atoms with Crippen LogP contribution in [0, 0.1) is 6.92 Å². The molecule has 0 aliphatic heterocycles. The molecule has 2 heterocycles. The highest BCUT2D eigenvalue weighted by Crippen LogP contribution is 2.37. The number of ether oxygens (including phenoxy) is 1. The Morgan fingerprint density at radius 3 is 2.71 bits per heavy atom. The maximum absolute atomic E-state index is 10.2. The number of methoxy groups -OCH3 is 1. The van der Waals surface area contributed by atoms with Gasteiger partial charge in [0.05, 0.1) is 17.8 Å². The first-order valence-electron chi connectivity index (χ1n) is 6.42. The van der Waals surface area contributed by atoms with Gasteiger partial charge in [0.25, 0.3) is 0 Å². The molecule has 1 aromatic carbocycles. The summed E-state index contributed by atoms with van der Waals surface area (Å²) in [6.45, 7) is 1.97. The summed E-state index contributed by atoms with van der Waals surface area (Å²) in [5.74, 6) is 0.750. The molecule has 21 heavy (non-hydrogen) atoms. The van der Waals surface area contributed by atoms with Crippen LogP contribution in [0.4, 0.5) is 0 Å². The van der Waals surface area contributed by atoms with Gasteiger partial charge >= 0.3 is 0 Å². The van der Waals surface area contributed by atoms with Crippen LogP contribution in [0.15, 0.2) is 29.8 Å². The molecule has 0 aliphatic rings. The van der Waals surface area contributed by atoms with Crippen LogP contribution in [0.25, 0.3) is 22.5 Å². The average molecular weight is 301 g/mol. The third-order valence-electron chi connectivity index (χ3n) is 3.18. The van der Waals surface area contributed by atoms with Gasteiger partial charge in [0.1, 0.15) is 17.2 Å². The standard InChI is InChI=1S/C15H15N3O2S/c1-9-16-13(8-21-9)12-7-18(2)17-15(12)11-5-4-10(20-3)6-14(11)19/h4-8,19H,1-3H3. The molecule has 0 radical (unpaired) electrons. The van der Waals surface area contributed by atoms with Crippen LogP contribution in [0.3, 0.4) is 0 Å². The number of thiazole rings is 1. The maximum atomic E-state index is 10.2. The Balaban J connectivity index is 2.15. The highest BCUT2D eigenvalue weighted by atomic mass is 32.1. The first kappa shape index (κ1) is 13.6. The minimum Gasteiger partial charge on any atom is -0.507 e. The molecule has 0 spiro atoms. The van der Waals surface area contributed by atoms with Crippen molar-refractivity contribution in [2.45, 2.75) is 6.92 Å². The number of hydrogen-bond acceptors (Lipinski definition) is 5. The number of aromatic nitrogens is 3. The first-order valence-corrected chi connectivity index (χ1v) is 7.30. The average Bonchev–Trinajstić information content (AvgIpc) is 3.04. The zero-order valence-electron chi connectivity index (χ0n) is 12.0. The fraction of sp³-hybridized carbons (Fsp3) is 0.200. The summed E-state index contributed by atoms with van der Waals surface area (Å²) in [6, 6.07) is 5.19. The smallest absolute Gasteiger partial charge is 0.128 e. The van der Waals surface area contributed by atoms with Crippen LogP contribution in [-0.2, 0) is 7.05 Å². The summed E-state index contributed by atoms with van der Waals surface area (Å²) in [5, 5.41) is 17.7. The van der Waals surface area contributed by atoms with Crippen molar-refractivity contribution in [3.05, 3.63) is 34.8 Å². The highest BCUT2D eigenvalue weighted by molar-refractivity contribution is 7.09. The third kappa shape index (κ3) is 2.50.